The number of nitrogens with zero attached hydrogens (tertiary/aromatic N) is 4. The number of hydrogen-bond acceptors (Lipinski definition) is 2. The van der Waals surface area contributed by atoms with E-state index in [1.807, 2.05) is 41.9 Å². The molecule has 2 aromatic rings. The van der Waals surface area contributed by atoms with Gasteiger partial charge in [0, 0.05) is 37.9 Å². The van der Waals surface area contributed by atoms with Crippen molar-refractivity contribution < 1.29 is 0 Å². The topological polar surface area (TPSA) is 35.6 Å². The van der Waals surface area contributed by atoms with Gasteiger partial charge in [0.2, 0.25) is 0 Å². The van der Waals surface area contributed by atoms with Crippen molar-refractivity contribution in [3.05, 3.63) is 37.2 Å². The minimum atomic E-state index is 0.630. The second-order valence-electron chi connectivity index (χ2n) is 4.85. The van der Waals surface area contributed by atoms with Crippen molar-refractivity contribution in [3.63, 3.8) is 0 Å². The lowest BCUT2D eigenvalue weighted by molar-refractivity contribution is 0.335. The molecule has 18 heavy (non-hydrogen) atoms. The number of aromatic nitrogens is 4. The molecule has 0 fully saturated rings. The first-order chi connectivity index (χ1) is 8.88. The molecule has 0 amide bonds. The van der Waals surface area contributed by atoms with Gasteiger partial charge in [0.15, 0.2) is 0 Å². The predicted molar refractivity (Wildman–Crippen MR) is 72.1 cm³/mol. The number of imidazole rings is 1. The zero-order valence-corrected chi connectivity index (χ0v) is 11.1. The molecule has 2 rings (SSSR count). The summed E-state index contributed by atoms with van der Waals surface area (Å²) in [4.78, 5) is 4.11. The summed E-state index contributed by atoms with van der Waals surface area (Å²) in [6, 6.07) is 1.99. The van der Waals surface area contributed by atoms with Crippen LogP contribution in [0.15, 0.2) is 37.2 Å². The third kappa shape index (κ3) is 4.02. The Balaban J connectivity index is 1.89. The standard InChI is InChI=1S/C14H22N4/c1-2-3-4-6-14(11-17-10-8-15-13-17)12-18-9-5-7-16-18/h5,7-10,13-14H,2-4,6,11-12H2,1H3. The molecule has 1 atom stereocenters. The van der Waals surface area contributed by atoms with Gasteiger partial charge in [0.25, 0.3) is 0 Å². The number of hydrogen-bond donors (Lipinski definition) is 0. The second kappa shape index (κ2) is 6.99. The van der Waals surface area contributed by atoms with E-state index in [-0.39, 0.29) is 0 Å². The molecule has 1 unspecified atom stereocenters. The summed E-state index contributed by atoms with van der Waals surface area (Å²) >= 11 is 0. The Kier molecular flexibility index (Phi) is 5.00. The Morgan fingerprint density at radius 1 is 1.11 bits per heavy atom. The highest BCUT2D eigenvalue weighted by molar-refractivity contribution is 4.80. The molecule has 0 bridgehead atoms. The van der Waals surface area contributed by atoms with Crippen LogP contribution in [0, 0.1) is 5.92 Å². The van der Waals surface area contributed by atoms with Crippen LogP contribution in [0.4, 0.5) is 0 Å². The first-order valence-electron chi connectivity index (χ1n) is 6.81. The smallest absolute Gasteiger partial charge is 0.0946 e. The van der Waals surface area contributed by atoms with Gasteiger partial charge < -0.3 is 4.57 Å². The van der Waals surface area contributed by atoms with Crippen LogP contribution in [0.3, 0.4) is 0 Å². The molecule has 0 spiro atoms. The van der Waals surface area contributed by atoms with Crippen molar-refractivity contribution in [2.24, 2.45) is 5.92 Å². The van der Waals surface area contributed by atoms with Gasteiger partial charge in [0.05, 0.1) is 6.33 Å². The van der Waals surface area contributed by atoms with Gasteiger partial charge in [-0.2, -0.15) is 5.10 Å². The highest BCUT2D eigenvalue weighted by atomic mass is 15.3. The maximum Gasteiger partial charge on any atom is 0.0946 e. The summed E-state index contributed by atoms with van der Waals surface area (Å²) < 4.78 is 4.20. The Morgan fingerprint density at radius 3 is 2.72 bits per heavy atom. The van der Waals surface area contributed by atoms with E-state index >= 15 is 0 Å². The van der Waals surface area contributed by atoms with E-state index in [0.717, 1.165) is 13.1 Å². The zero-order chi connectivity index (χ0) is 12.6. The molecule has 2 heterocycles. The van der Waals surface area contributed by atoms with Gasteiger partial charge in [-0.05, 0) is 18.4 Å². The molecular formula is C14H22N4. The minimum Gasteiger partial charge on any atom is -0.337 e. The van der Waals surface area contributed by atoms with E-state index in [2.05, 4.69) is 21.6 Å². The summed E-state index contributed by atoms with van der Waals surface area (Å²) in [5, 5.41) is 4.31. The molecule has 4 heteroatoms. The van der Waals surface area contributed by atoms with Gasteiger partial charge in [-0.3, -0.25) is 4.68 Å². The van der Waals surface area contributed by atoms with Crippen LogP contribution in [-0.2, 0) is 13.1 Å². The molecule has 4 nitrogen and oxygen atoms in total. The van der Waals surface area contributed by atoms with Gasteiger partial charge in [-0.1, -0.05) is 26.2 Å². The predicted octanol–water partition coefficient (Wildman–Crippen LogP) is 2.98. The zero-order valence-electron chi connectivity index (χ0n) is 11.1. The summed E-state index contributed by atoms with van der Waals surface area (Å²) in [5.74, 6) is 0.630. The normalized spacial score (nSPS) is 12.7. The van der Waals surface area contributed by atoms with Crippen molar-refractivity contribution in [1.29, 1.82) is 0 Å². The summed E-state index contributed by atoms with van der Waals surface area (Å²) in [7, 11) is 0. The van der Waals surface area contributed by atoms with Crippen LogP contribution in [0.25, 0.3) is 0 Å². The van der Waals surface area contributed by atoms with E-state index in [4.69, 9.17) is 0 Å². The first-order valence-corrected chi connectivity index (χ1v) is 6.81. The lowest BCUT2D eigenvalue weighted by atomic mass is 10.0. The molecule has 0 aromatic carbocycles. The highest BCUT2D eigenvalue weighted by Crippen LogP contribution is 2.14. The Labute approximate surface area is 109 Å². The molecule has 0 aliphatic heterocycles. The number of unbranched alkanes of at least 4 members (excludes halogenated alkanes) is 2. The van der Waals surface area contributed by atoms with Crippen molar-refractivity contribution in [1.82, 2.24) is 19.3 Å². The average Bonchev–Trinajstić information content (AvgIpc) is 3.02. The summed E-state index contributed by atoms with van der Waals surface area (Å²) in [6.45, 7) is 4.27. The maximum atomic E-state index is 4.31. The van der Waals surface area contributed by atoms with E-state index < -0.39 is 0 Å². The molecule has 0 aliphatic rings. The minimum absolute atomic E-state index is 0.630. The largest absolute Gasteiger partial charge is 0.337 e. The maximum absolute atomic E-state index is 4.31. The van der Waals surface area contributed by atoms with E-state index in [1.165, 1.54) is 25.7 Å². The first kappa shape index (κ1) is 12.9. The number of rotatable bonds is 8. The molecule has 0 N–H and O–H groups in total. The average molecular weight is 246 g/mol. The van der Waals surface area contributed by atoms with Crippen LogP contribution in [0.1, 0.15) is 32.6 Å². The fourth-order valence-corrected chi connectivity index (χ4v) is 2.29. The van der Waals surface area contributed by atoms with Gasteiger partial charge in [-0.15, -0.1) is 0 Å². The Bertz CT molecular complexity index is 369. The lowest BCUT2D eigenvalue weighted by Gasteiger charge is -2.17. The van der Waals surface area contributed by atoms with E-state index in [9.17, 15) is 0 Å². The quantitative estimate of drug-likeness (QED) is 0.671. The Hall–Kier alpha value is -1.58. The van der Waals surface area contributed by atoms with Crippen LogP contribution >= 0.6 is 0 Å². The third-order valence-corrected chi connectivity index (χ3v) is 3.25. The lowest BCUT2D eigenvalue weighted by Crippen LogP contribution is -2.17. The van der Waals surface area contributed by atoms with Crippen molar-refractivity contribution in [2.45, 2.75) is 45.7 Å². The van der Waals surface area contributed by atoms with Crippen molar-refractivity contribution in [3.8, 4) is 0 Å². The van der Waals surface area contributed by atoms with Gasteiger partial charge >= 0.3 is 0 Å². The third-order valence-electron chi connectivity index (χ3n) is 3.25. The van der Waals surface area contributed by atoms with Crippen LogP contribution in [-0.4, -0.2) is 19.3 Å². The van der Waals surface area contributed by atoms with E-state index in [0.29, 0.717) is 5.92 Å². The Morgan fingerprint density at radius 2 is 2.06 bits per heavy atom. The van der Waals surface area contributed by atoms with Crippen molar-refractivity contribution >= 4 is 0 Å². The molecule has 0 aliphatic carbocycles. The molecule has 0 saturated heterocycles. The highest BCUT2D eigenvalue weighted by Gasteiger charge is 2.10. The molecular weight excluding hydrogens is 224 g/mol. The SMILES string of the molecule is CCCCCC(Cn1ccnc1)Cn1cccn1. The van der Waals surface area contributed by atoms with Gasteiger partial charge in [0.1, 0.15) is 0 Å². The fourth-order valence-electron chi connectivity index (χ4n) is 2.29. The van der Waals surface area contributed by atoms with Crippen LogP contribution in [0.2, 0.25) is 0 Å². The molecule has 0 radical (unpaired) electrons. The summed E-state index contributed by atoms with van der Waals surface area (Å²) in [5.41, 5.74) is 0. The van der Waals surface area contributed by atoms with Gasteiger partial charge in [-0.25, -0.2) is 4.98 Å². The summed E-state index contributed by atoms with van der Waals surface area (Å²) in [6.07, 6.45) is 14.8. The van der Waals surface area contributed by atoms with Crippen molar-refractivity contribution in [2.75, 3.05) is 0 Å². The molecule has 0 saturated carbocycles. The van der Waals surface area contributed by atoms with Crippen LogP contribution < -0.4 is 0 Å². The van der Waals surface area contributed by atoms with Crippen LogP contribution in [0.5, 0.6) is 0 Å². The molecule has 98 valence electrons. The fraction of sp³-hybridized carbons (Fsp3) is 0.571. The van der Waals surface area contributed by atoms with E-state index in [1.54, 1.807) is 0 Å². The molecule has 2 aromatic heterocycles. The second-order valence-corrected chi connectivity index (χ2v) is 4.85. The monoisotopic (exact) mass is 246 g/mol.